The molecule has 0 saturated heterocycles. The van der Waals surface area contributed by atoms with E-state index in [1.54, 1.807) is 0 Å². The second kappa shape index (κ2) is 15.7. The van der Waals surface area contributed by atoms with Crippen LogP contribution < -0.4 is 47.4 Å². The molecule has 7 heteroatoms. The molecule has 7 rings (SSSR count). The number of halogens is 3. The van der Waals surface area contributed by atoms with Crippen LogP contribution in [0.15, 0.2) is 200 Å². The molecule has 0 aliphatic carbocycles. The second-order valence-corrected chi connectivity index (χ2v) is 19.7. The molecule has 0 radical (unpaired) electrons. The monoisotopic (exact) mass is 726 g/mol. The van der Waals surface area contributed by atoms with Gasteiger partial charge in [0.1, 0.15) is 6.61 Å². The Hall–Kier alpha value is -4.63. The van der Waals surface area contributed by atoms with Gasteiger partial charge in [-0.1, -0.05) is 200 Å². The summed E-state index contributed by atoms with van der Waals surface area (Å²) in [7, 11) is -6.34. The van der Waals surface area contributed by atoms with E-state index in [-0.39, 0.29) is 0 Å². The Kier molecular flexibility index (Phi) is 10.7. The highest BCUT2D eigenvalue weighted by atomic mass is 31.1. The molecule has 51 heavy (non-hydrogen) atoms. The molecule has 1 nitrogen and oxygen atoms in total. The molecule has 7 aromatic carbocycles. The first-order chi connectivity index (χ1) is 25.0. The Morgan fingerprint density at radius 1 is 0.392 bits per heavy atom. The van der Waals surface area contributed by atoms with Crippen molar-refractivity contribution in [3.8, 4) is 0 Å². The summed E-state index contributed by atoms with van der Waals surface area (Å²) in [5.74, 6) is 0. The molecule has 0 aliphatic heterocycles. The van der Waals surface area contributed by atoms with Gasteiger partial charge in [-0.3, -0.25) is 0 Å². The van der Waals surface area contributed by atoms with Crippen LogP contribution in [-0.2, 0) is 4.43 Å². The number of benzene rings is 7. The number of rotatable bonds is 11. The average Bonchev–Trinajstić information content (AvgIpc) is 3.18. The van der Waals surface area contributed by atoms with Gasteiger partial charge in [-0.05, 0) is 63.2 Å². The molecule has 0 fully saturated rings. The standard InChI is InChI=1S/C44H35F3OP2Si/c45-44(46,47)34-48-51(39-28-14-5-15-29-39,42-32-18-16-30-40(42)49(35-20-6-1-7-21-35)36-22-8-2-9-23-36)43-33-19-17-31-41(43)50(37-24-10-3-11-25-37)38-26-12-4-13-27-38/h1-33H,34H2. The van der Waals surface area contributed by atoms with Crippen molar-refractivity contribution in [1.29, 1.82) is 0 Å². The summed E-state index contributed by atoms with van der Waals surface area (Å²) in [4.78, 5) is 0. The minimum Gasteiger partial charge on any atom is -0.395 e. The van der Waals surface area contributed by atoms with E-state index < -0.39 is 36.9 Å². The fourth-order valence-electron chi connectivity index (χ4n) is 6.65. The number of hydrogen-bond acceptors (Lipinski definition) is 1. The molecular formula is C44H35F3OP2Si. The molecule has 0 bridgehead atoms. The van der Waals surface area contributed by atoms with E-state index >= 15 is 0 Å². The Morgan fingerprint density at radius 2 is 0.686 bits per heavy atom. The first-order valence-corrected chi connectivity index (χ1v) is 21.3. The summed E-state index contributed by atoms with van der Waals surface area (Å²) in [5, 5.41) is 8.84. The van der Waals surface area contributed by atoms with Crippen LogP contribution in [0.25, 0.3) is 0 Å². The molecule has 0 amide bonds. The number of hydrogen-bond donors (Lipinski definition) is 0. The van der Waals surface area contributed by atoms with E-state index in [4.69, 9.17) is 4.43 Å². The minimum atomic E-state index is -4.55. The molecule has 7 aromatic rings. The zero-order chi connectivity index (χ0) is 35.1. The van der Waals surface area contributed by atoms with Gasteiger partial charge < -0.3 is 4.43 Å². The van der Waals surface area contributed by atoms with Gasteiger partial charge in [0.25, 0.3) is 8.32 Å². The average molecular weight is 727 g/mol. The van der Waals surface area contributed by atoms with Crippen molar-refractivity contribution >= 4 is 71.5 Å². The largest absolute Gasteiger partial charge is 0.410 e. The minimum absolute atomic E-state index is 0.765. The van der Waals surface area contributed by atoms with E-state index in [0.29, 0.717) is 0 Å². The van der Waals surface area contributed by atoms with E-state index in [0.717, 1.165) is 47.4 Å². The maximum atomic E-state index is 14.6. The lowest BCUT2D eigenvalue weighted by Gasteiger charge is -2.38. The van der Waals surface area contributed by atoms with Gasteiger partial charge in [0.2, 0.25) is 0 Å². The molecule has 252 valence electrons. The van der Waals surface area contributed by atoms with E-state index in [2.05, 4.69) is 60.7 Å². The summed E-state index contributed by atoms with van der Waals surface area (Å²) < 4.78 is 50.6. The second-order valence-electron chi connectivity index (χ2n) is 12.0. The molecule has 0 N–H and O–H groups in total. The fraction of sp³-hybridized carbons (Fsp3) is 0.0455. The predicted octanol–water partition coefficient (Wildman–Crippen LogP) is 6.75. The van der Waals surface area contributed by atoms with Crippen LogP contribution in [0.3, 0.4) is 0 Å². The topological polar surface area (TPSA) is 9.23 Å². The molecule has 0 aromatic heterocycles. The Morgan fingerprint density at radius 3 is 1.02 bits per heavy atom. The Labute approximate surface area is 301 Å². The zero-order valence-electron chi connectivity index (χ0n) is 27.7. The SMILES string of the molecule is FC(F)(F)CO[Si](c1ccccc1)(c1ccccc1P(c1ccccc1)c1ccccc1)c1ccccc1P(c1ccccc1)c1ccccc1. The van der Waals surface area contributed by atoms with E-state index in [1.807, 2.05) is 140 Å². The van der Waals surface area contributed by atoms with Gasteiger partial charge in [0, 0.05) is 0 Å². The van der Waals surface area contributed by atoms with Crippen molar-refractivity contribution in [2.24, 2.45) is 0 Å². The van der Waals surface area contributed by atoms with Crippen LogP contribution in [-0.4, -0.2) is 21.1 Å². The molecule has 0 heterocycles. The molecule has 0 aliphatic rings. The van der Waals surface area contributed by atoms with Crippen LogP contribution >= 0.6 is 15.8 Å². The third-order valence-electron chi connectivity index (χ3n) is 8.74. The summed E-state index contributed by atoms with van der Waals surface area (Å²) in [5.41, 5.74) is 0. The molecule has 0 atom stereocenters. The van der Waals surface area contributed by atoms with Crippen molar-refractivity contribution < 1.29 is 17.6 Å². The van der Waals surface area contributed by atoms with Gasteiger partial charge in [-0.25, -0.2) is 0 Å². The zero-order valence-corrected chi connectivity index (χ0v) is 30.5. The van der Waals surface area contributed by atoms with Crippen LogP contribution in [0.2, 0.25) is 0 Å². The number of alkyl halides is 3. The fourth-order valence-corrected chi connectivity index (χ4v) is 16.9. The summed E-state index contributed by atoms with van der Waals surface area (Å²) in [6.45, 7) is -1.38. The molecule has 0 saturated carbocycles. The van der Waals surface area contributed by atoms with E-state index in [1.165, 1.54) is 0 Å². The third kappa shape index (κ3) is 7.54. The van der Waals surface area contributed by atoms with Gasteiger partial charge >= 0.3 is 6.18 Å². The highest BCUT2D eigenvalue weighted by Gasteiger charge is 2.49. The third-order valence-corrected chi connectivity index (χ3v) is 18.3. The first-order valence-electron chi connectivity index (χ1n) is 16.7. The van der Waals surface area contributed by atoms with Gasteiger partial charge in [-0.2, -0.15) is 13.2 Å². The van der Waals surface area contributed by atoms with Crippen LogP contribution in [0.4, 0.5) is 13.2 Å². The summed E-state index contributed by atoms with van der Waals surface area (Å²) in [6.07, 6.45) is -4.55. The van der Waals surface area contributed by atoms with Gasteiger partial charge in [-0.15, -0.1) is 0 Å². The highest BCUT2D eigenvalue weighted by Crippen LogP contribution is 2.35. The lowest BCUT2D eigenvalue weighted by atomic mass is 10.3. The smallest absolute Gasteiger partial charge is 0.395 e. The lowest BCUT2D eigenvalue weighted by molar-refractivity contribution is -0.154. The maximum absolute atomic E-state index is 14.6. The van der Waals surface area contributed by atoms with Crippen LogP contribution in [0, 0.1) is 0 Å². The molecule has 0 spiro atoms. The normalized spacial score (nSPS) is 11.9. The van der Waals surface area contributed by atoms with Crippen LogP contribution in [0.1, 0.15) is 0 Å². The lowest BCUT2D eigenvalue weighted by Crippen LogP contribution is -2.75. The summed E-state index contributed by atoms with van der Waals surface area (Å²) >= 11 is 0. The first kappa shape index (κ1) is 34.8. The highest BCUT2D eigenvalue weighted by molar-refractivity contribution is 7.81. The van der Waals surface area contributed by atoms with Crippen molar-refractivity contribution in [2.75, 3.05) is 6.61 Å². The Bertz CT molecular complexity index is 1940. The van der Waals surface area contributed by atoms with Gasteiger partial charge in [0.15, 0.2) is 0 Å². The van der Waals surface area contributed by atoms with Crippen molar-refractivity contribution in [1.82, 2.24) is 0 Å². The predicted molar refractivity (Wildman–Crippen MR) is 213 cm³/mol. The quantitative estimate of drug-likeness (QED) is 0.0815. The maximum Gasteiger partial charge on any atom is 0.410 e. The Balaban J connectivity index is 1.59. The molecule has 0 unspecified atom stereocenters. The van der Waals surface area contributed by atoms with E-state index in [9.17, 15) is 13.2 Å². The van der Waals surface area contributed by atoms with Crippen molar-refractivity contribution in [3.63, 3.8) is 0 Å². The van der Waals surface area contributed by atoms with Crippen molar-refractivity contribution in [3.05, 3.63) is 200 Å². The van der Waals surface area contributed by atoms with Gasteiger partial charge in [0.05, 0.1) is 0 Å². The molecular weight excluding hydrogens is 692 g/mol. The van der Waals surface area contributed by atoms with Crippen molar-refractivity contribution in [2.45, 2.75) is 6.18 Å². The van der Waals surface area contributed by atoms with Crippen LogP contribution in [0.5, 0.6) is 0 Å². The summed E-state index contributed by atoms with van der Waals surface area (Å²) in [6, 6.07) is 67.0.